The Morgan fingerprint density at radius 2 is 0.386 bits per heavy atom. The van der Waals surface area contributed by atoms with Crippen molar-refractivity contribution >= 4 is 65.2 Å². The minimum absolute atomic E-state index is 1.11. The average Bonchev–Trinajstić information content (AvgIpc) is 1.76. The van der Waals surface area contributed by atoms with Gasteiger partial charge in [0, 0.05) is 32.9 Å². The van der Waals surface area contributed by atoms with Crippen LogP contribution in [0, 0.1) is 0 Å². The van der Waals surface area contributed by atoms with Gasteiger partial charge < -0.3 is 9.13 Å². The molecule has 0 saturated heterocycles. The number of hydrogen-bond acceptors (Lipinski definition) is 0. The van der Waals surface area contributed by atoms with Crippen molar-refractivity contribution in [1.82, 2.24) is 9.13 Å². The van der Waals surface area contributed by atoms with E-state index in [9.17, 15) is 0 Å². The van der Waals surface area contributed by atoms with Crippen LogP contribution in [-0.2, 0) is 0 Å². The maximum atomic E-state index is 2.46. The number of benzene rings is 15. The molecule has 0 radical (unpaired) electrons. The van der Waals surface area contributed by atoms with Crippen LogP contribution in [0.2, 0.25) is 0 Å². The summed E-state index contributed by atoms with van der Waals surface area (Å²) in [6, 6.07) is 125. The standard InChI is InChI=1S/C86H56N2/c1-7-21-57(22-8-1)65-37-43-83-79(49-65)80-50-66(58-23-9-2-10-24-58)38-44-84(80)87(83)71-35-19-33-63(47-71)69-53-75(61-29-15-5-16-30-61)73-41-42-74-76(62-31-17-6-18-32-62)54-70(56-78(74)77(73)55-69)64-34-20-36-72(48-64)88-85-45-39-67(59-25-11-3-12-26-59)51-81(85)82-52-68(40-46-86(82)88)60-27-13-4-14-28-60/h1-56H. The van der Waals surface area contributed by atoms with Gasteiger partial charge in [-0.05, 0) is 208 Å². The first-order valence-electron chi connectivity index (χ1n) is 30.4. The Balaban J connectivity index is 0.856. The normalized spacial score (nSPS) is 11.6. The lowest BCUT2D eigenvalue weighted by Gasteiger charge is -2.18. The van der Waals surface area contributed by atoms with E-state index in [-0.39, 0.29) is 0 Å². The predicted octanol–water partition coefficient (Wildman–Crippen LogP) is 23.5. The molecular formula is C86H56N2. The van der Waals surface area contributed by atoms with E-state index in [1.807, 2.05) is 0 Å². The van der Waals surface area contributed by atoms with E-state index in [4.69, 9.17) is 0 Å². The molecule has 17 rings (SSSR count). The molecule has 0 unspecified atom stereocenters. The fraction of sp³-hybridized carbons (Fsp3) is 0. The Labute approximate surface area is 511 Å². The van der Waals surface area contributed by atoms with Crippen LogP contribution in [0.25, 0.3) is 166 Å². The molecule has 0 spiro atoms. The van der Waals surface area contributed by atoms with E-state index in [1.54, 1.807) is 0 Å². The smallest absolute Gasteiger partial charge is 0.0541 e. The van der Waals surface area contributed by atoms with E-state index in [0.717, 1.165) is 33.6 Å². The maximum absolute atomic E-state index is 2.46. The Morgan fingerprint density at radius 1 is 0.136 bits per heavy atom. The molecule has 15 aromatic carbocycles. The third-order valence-corrected chi connectivity index (χ3v) is 18.1. The van der Waals surface area contributed by atoms with Crippen molar-refractivity contribution in [1.29, 1.82) is 0 Å². The van der Waals surface area contributed by atoms with Gasteiger partial charge in [0.05, 0.1) is 22.1 Å². The van der Waals surface area contributed by atoms with Crippen molar-refractivity contribution < 1.29 is 0 Å². The van der Waals surface area contributed by atoms with Crippen LogP contribution in [0.3, 0.4) is 0 Å². The molecule has 2 heteroatoms. The molecule has 17 aromatic rings. The SMILES string of the molecule is c1ccc(-c2ccc3c(c2)c2cc(-c4ccccc4)ccc2n3-c2cccc(-c3cc(-c4ccccc4)c4ccc5c(-c6ccccc6)cc(-c6cccc(-n7c8ccc(-c9ccccc9)cc8c8cc(-c9ccccc9)ccc87)c6)cc5c4c3)c2)cc1. The molecule has 0 aliphatic heterocycles. The Morgan fingerprint density at radius 3 is 0.682 bits per heavy atom. The highest BCUT2D eigenvalue weighted by atomic mass is 15.0. The van der Waals surface area contributed by atoms with Crippen LogP contribution in [0.1, 0.15) is 0 Å². The van der Waals surface area contributed by atoms with Crippen LogP contribution in [0.5, 0.6) is 0 Å². The van der Waals surface area contributed by atoms with Crippen molar-refractivity contribution in [3.05, 3.63) is 340 Å². The molecular weight excluding hydrogens is 1060 g/mol. The van der Waals surface area contributed by atoms with Crippen molar-refractivity contribution in [3.63, 3.8) is 0 Å². The summed E-state index contributed by atoms with van der Waals surface area (Å²) in [5.41, 5.74) is 25.9. The van der Waals surface area contributed by atoms with Gasteiger partial charge in [-0.2, -0.15) is 0 Å². The molecule has 0 aliphatic carbocycles. The third kappa shape index (κ3) is 8.81. The topological polar surface area (TPSA) is 9.86 Å². The fourth-order valence-electron chi connectivity index (χ4n) is 13.8. The minimum Gasteiger partial charge on any atom is -0.309 e. The summed E-state index contributed by atoms with van der Waals surface area (Å²) in [5, 5.41) is 9.74. The molecule has 0 bridgehead atoms. The van der Waals surface area contributed by atoms with E-state index in [1.165, 1.54) is 132 Å². The van der Waals surface area contributed by atoms with Crippen LogP contribution in [-0.4, -0.2) is 9.13 Å². The van der Waals surface area contributed by atoms with Gasteiger partial charge in [-0.1, -0.05) is 243 Å². The number of fused-ring (bicyclic) bond motifs is 9. The highest BCUT2D eigenvalue weighted by molar-refractivity contribution is 6.18. The summed E-state index contributed by atoms with van der Waals surface area (Å²) >= 11 is 0. The van der Waals surface area contributed by atoms with Crippen molar-refractivity contribution in [2.45, 2.75) is 0 Å². The summed E-state index contributed by atoms with van der Waals surface area (Å²) < 4.78 is 4.92. The van der Waals surface area contributed by atoms with Gasteiger partial charge >= 0.3 is 0 Å². The highest BCUT2D eigenvalue weighted by Crippen LogP contribution is 2.45. The van der Waals surface area contributed by atoms with E-state index in [0.29, 0.717) is 0 Å². The van der Waals surface area contributed by atoms with Crippen molar-refractivity contribution in [3.8, 4) is 100 Å². The first kappa shape index (κ1) is 50.9. The lowest BCUT2D eigenvalue weighted by atomic mass is 9.87. The first-order chi connectivity index (χ1) is 43.6. The van der Waals surface area contributed by atoms with Gasteiger partial charge in [0.25, 0.3) is 0 Å². The second-order valence-electron chi connectivity index (χ2n) is 23.2. The molecule has 410 valence electrons. The van der Waals surface area contributed by atoms with Gasteiger partial charge in [-0.3, -0.25) is 0 Å². The second kappa shape index (κ2) is 21.2. The molecule has 0 amide bonds. The van der Waals surface area contributed by atoms with Crippen LogP contribution >= 0.6 is 0 Å². The zero-order valence-electron chi connectivity index (χ0n) is 48.2. The molecule has 2 aromatic heterocycles. The van der Waals surface area contributed by atoms with Crippen molar-refractivity contribution in [2.24, 2.45) is 0 Å². The van der Waals surface area contributed by atoms with Gasteiger partial charge in [-0.25, -0.2) is 0 Å². The van der Waals surface area contributed by atoms with E-state index >= 15 is 0 Å². The number of rotatable bonds is 10. The largest absolute Gasteiger partial charge is 0.309 e. The molecule has 0 saturated carbocycles. The first-order valence-corrected chi connectivity index (χ1v) is 30.4. The molecule has 0 N–H and O–H groups in total. The number of aromatic nitrogens is 2. The summed E-state index contributed by atoms with van der Waals surface area (Å²) in [6.45, 7) is 0. The third-order valence-electron chi connectivity index (χ3n) is 18.1. The predicted molar refractivity (Wildman–Crippen MR) is 374 cm³/mol. The monoisotopic (exact) mass is 1120 g/mol. The Bertz CT molecular complexity index is 4970. The fourth-order valence-corrected chi connectivity index (χ4v) is 13.8. The molecule has 2 heterocycles. The molecule has 0 aliphatic rings. The van der Waals surface area contributed by atoms with Crippen molar-refractivity contribution in [2.75, 3.05) is 0 Å². The molecule has 0 fully saturated rings. The zero-order valence-corrected chi connectivity index (χ0v) is 48.2. The van der Waals surface area contributed by atoms with Gasteiger partial charge in [0.1, 0.15) is 0 Å². The summed E-state index contributed by atoms with van der Waals surface area (Å²) in [6.07, 6.45) is 0. The van der Waals surface area contributed by atoms with Gasteiger partial charge in [-0.15, -0.1) is 0 Å². The lowest BCUT2D eigenvalue weighted by molar-refractivity contribution is 1.18. The average molecular weight is 1120 g/mol. The van der Waals surface area contributed by atoms with Crippen LogP contribution < -0.4 is 0 Å². The summed E-state index contributed by atoms with van der Waals surface area (Å²) in [5.74, 6) is 0. The Kier molecular flexibility index (Phi) is 12.3. The van der Waals surface area contributed by atoms with Crippen LogP contribution in [0.15, 0.2) is 340 Å². The van der Waals surface area contributed by atoms with E-state index in [2.05, 4.69) is 349 Å². The minimum atomic E-state index is 1.11. The lowest BCUT2D eigenvalue weighted by Crippen LogP contribution is -1.95. The quantitative estimate of drug-likeness (QED) is 0.121. The van der Waals surface area contributed by atoms with Gasteiger partial charge in [0.15, 0.2) is 0 Å². The number of nitrogens with zero attached hydrogens (tertiary/aromatic N) is 2. The summed E-state index contributed by atoms with van der Waals surface area (Å²) in [4.78, 5) is 0. The highest BCUT2D eigenvalue weighted by Gasteiger charge is 2.21. The molecule has 2 nitrogen and oxygen atoms in total. The zero-order chi connectivity index (χ0) is 58.1. The molecule has 0 atom stereocenters. The number of hydrogen-bond donors (Lipinski definition) is 0. The van der Waals surface area contributed by atoms with E-state index < -0.39 is 0 Å². The maximum Gasteiger partial charge on any atom is 0.0541 e. The second-order valence-corrected chi connectivity index (χ2v) is 23.2. The molecule has 88 heavy (non-hydrogen) atoms. The van der Waals surface area contributed by atoms with Gasteiger partial charge in [0.2, 0.25) is 0 Å². The Hall–Kier alpha value is -11.6. The summed E-state index contributed by atoms with van der Waals surface area (Å²) in [7, 11) is 0. The van der Waals surface area contributed by atoms with Crippen LogP contribution in [0.4, 0.5) is 0 Å².